The molecule has 110 valence electrons. The summed E-state index contributed by atoms with van der Waals surface area (Å²) >= 11 is 0. The molecular weight excluding hydrogens is 285 g/mol. The summed E-state index contributed by atoms with van der Waals surface area (Å²) in [4.78, 5) is 11.9. The summed E-state index contributed by atoms with van der Waals surface area (Å²) in [6.45, 7) is -2.92. The molecule has 2 aromatic carbocycles. The Kier molecular flexibility index (Phi) is 4.32. The minimum atomic E-state index is -2.92. The molecule has 0 saturated heterocycles. The predicted octanol–water partition coefficient (Wildman–Crippen LogP) is 3.26. The smallest absolute Gasteiger partial charge is 0.387 e. The second kappa shape index (κ2) is 6.17. The Morgan fingerprint density at radius 2 is 1.81 bits per heavy atom. The lowest BCUT2D eigenvalue weighted by Crippen LogP contribution is -2.14. The van der Waals surface area contributed by atoms with Crippen LogP contribution < -0.4 is 15.8 Å². The molecule has 2 aromatic rings. The molecule has 0 saturated carbocycles. The zero-order valence-corrected chi connectivity index (χ0v) is 10.6. The van der Waals surface area contributed by atoms with Crippen molar-refractivity contribution in [2.24, 2.45) is 0 Å². The van der Waals surface area contributed by atoms with Crippen LogP contribution in [0, 0.1) is 5.82 Å². The lowest BCUT2D eigenvalue weighted by molar-refractivity contribution is -0.0498. The van der Waals surface area contributed by atoms with Gasteiger partial charge in [0.2, 0.25) is 0 Å². The number of anilines is 2. The first-order valence-corrected chi connectivity index (χ1v) is 5.87. The van der Waals surface area contributed by atoms with Gasteiger partial charge in [-0.3, -0.25) is 4.79 Å². The fourth-order valence-corrected chi connectivity index (χ4v) is 1.65. The second-order valence-electron chi connectivity index (χ2n) is 4.06. The number of carbonyl (C=O) groups excluding carboxylic acids is 1. The maximum absolute atomic E-state index is 13.3. The fourth-order valence-electron chi connectivity index (χ4n) is 1.65. The number of nitrogens with two attached hydrogens (primary N) is 1. The molecule has 0 aliphatic heterocycles. The summed E-state index contributed by atoms with van der Waals surface area (Å²) in [7, 11) is 0. The van der Waals surface area contributed by atoms with Gasteiger partial charge in [-0.25, -0.2) is 4.39 Å². The average Bonchev–Trinajstić information content (AvgIpc) is 2.43. The Bertz CT molecular complexity index is 645. The van der Waals surface area contributed by atoms with E-state index in [4.69, 9.17) is 5.73 Å². The third-order valence-corrected chi connectivity index (χ3v) is 2.63. The average molecular weight is 296 g/mol. The van der Waals surface area contributed by atoms with Crippen molar-refractivity contribution in [1.29, 1.82) is 0 Å². The number of hydrogen-bond acceptors (Lipinski definition) is 3. The lowest BCUT2D eigenvalue weighted by Gasteiger charge is -2.09. The number of amides is 1. The van der Waals surface area contributed by atoms with E-state index in [9.17, 15) is 18.0 Å². The zero-order valence-electron chi connectivity index (χ0n) is 10.6. The number of nitrogens with one attached hydrogen (secondary N) is 1. The van der Waals surface area contributed by atoms with E-state index in [-0.39, 0.29) is 17.0 Å². The molecule has 0 radical (unpaired) electrons. The third kappa shape index (κ3) is 3.65. The zero-order chi connectivity index (χ0) is 15.4. The van der Waals surface area contributed by atoms with E-state index in [1.54, 1.807) is 0 Å². The van der Waals surface area contributed by atoms with Crippen molar-refractivity contribution in [2.45, 2.75) is 6.61 Å². The van der Waals surface area contributed by atoms with Gasteiger partial charge in [-0.05, 0) is 36.4 Å². The van der Waals surface area contributed by atoms with E-state index in [0.717, 1.165) is 6.07 Å². The highest BCUT2D eigenvalue weighted by Crippen LogP contribution is 2.20. The topological polar surface area (TPSA) is 64.4 Å². The number of nitrogen functional groups attached to an aromatic ring is 1. The first-order chi connectivity index (χ1) is 9.97. The molecule has 0 spiro atoms. The van der Waals surface area contributed by atoms with Gasteiger partial charge in [0.05, 0.1) is 11.3 Å². The lowest BCUT2D eigenvalue weighted by atomic mass is 10.1. The first kappa shape index (κ1) is 14.7. The minimum Gasteiger partial charge on any atom is -0.435 e. The van der Waals surface area contributed by atoms with Crippen molar-refractivity contribution in [3.05, 3.63) is 53.8 Å². The van der Waals surface area contributed by atoms with Crippen LogP contribution in [0.5, 0.6) is 5.75 Å². The van der Waals surface area contributed by atoms with Crippen LogP contribution in [0.25, 0.3) is 0 Å². The Morgan fingerprint density at radius 3 is 2.43 bits per heavy atom. The molecule has 3 N–H and O–H groups in total. The largest absolute Gasteiger partial charge is 0.435 e. The van der Waals surface area contributed by atoms with Gasteiger partial charge in [-0.1, -0.05) is 6.07 Å². The number of ether oxygens (including phenoxy) is 1. The van der Waals surface area contributed by atoms with E-state index < -0.39 is 18.3 Å². The molecule has 0 unspecified atom stereocenters. The number of rotatable bonds is 4. The summed E-state index contributed by atoms with van der Waals surface area (Å²) in [6.07, 6.45) is 0. The van der Waals surface area contributed by atoms with Crippen molar-refractivity contribution in [1.82, 2.24) is 0 Å². The normalized spacial score (nSPS) is 10.5. The Balaban J connectivity index is 2.11. The fraction of sp³-hybridized carbons (Fsp3) is 0.0714. The molecule has 0 bridgehead atoms. The molecule has 1 amide bonds. The highest BCUT2D eigenvalue weighted by atomic mass is 19.3. The van der Waals surface area contributed by atoms with E-state index in [0.29, 0.717) is 5.69 Å². The van der Waals surface area contributed by atoms with Gasteiger partial charge in [0, 0.05) is 5.69 Å². The summed E-state index contributed by atoms with van der Waals surface area (Å²) in [5.74, 6) is -1.33. The first-order valence-electron chi connectivity index (χ1n) is 5.87. The Labute approximate surface area is 118 Å². The molecule has 0 aliphatic rings. The number of carbonyl (C=O) groups is 1. The van der Waals surface area contributed by atoms with Gasteiger partial charge in [0.25, 0.3) is 5.91 Å². The number of para-hydroxylation sites is 1. The molecule has 0 heterocycles. The second-order valence-corrected chi connectivity index (χ2v) is 4.06. The van der Waals surface area contributed by atoms with Crippen LogP contribution in [0.15, 0.2) is 42.5 Å². The van der Waals surface area contributed by atoms with Crippen LogP contribution >= 0.6 is 0 Å². The van der Waals surface area contributed by atoms with E-state index in [2.05, 4.69) is 10.1 Å². The molecule has 0 fully saturated rings. The third-order valence-electron chi connectivity index (χ3n) is 2.63. The van der Waals surface area contributed by atoms with Crippen LogP contribution in [0.2, 0.25) is 0 Å². The van der Waals surface area contributed by atoms with Gasteiger partial charge >= 0.3 is 6.61 Å². The van der Waals surface area contributed by atoms with Gasteiger partial charge in [-0.15, -0.1) is 0 Å². The van der Waals surface area contributed by atoms with Crippen molar-refractivity contribution < 1.29 is 22.7 Å². The van der Waals surface area contributed by atoms with E-state index in [1.807, 2.05) is 0 Å². The molecule has 21 heavy (non-hydrogen) atoms. The summed E-state index contributed by atoms with van der Waals surface area (Å²) in [5, 5.41) is 2.48. The molecule has 4 nitrogen and oxygen atoms in total. The van der Waals surface area contributed by atoms with Crippen molar-refractivity contribution in [3.8, 4) is 5.75 Å². The molecule has 0 atom stereocenters. The van der Waals surface area contributed by atoms with Crippen molar-refractivity contribution in [3.63, 3.8) is 0 Å². The maximum Gasteiger partial charge on any atom is 0.387 e. The molecular formula is C14H11F3N2O2. The van der Waals surface area contributed by atoms with Crippen molar-refractivity contribution in [2.75, 3.05) is 11.1 Å². The molecule has 0 aromatic heterocycles. The van der Waals surface area contributed by atoms with Crippen molar-refractivity contribution >= 4 is 17.3 Å². The monoisotopic (exact) mass is 296 g/mol. The highest BCUT2D eigenvalue weighted by Gasteiger charge is 2.13. The standard InChI is InChI=1S/C14H11F3N2O2/c15-11-3-1-2-10(12(11)18)13(20)19-8-4-6-9(7-5-8)21-14(16)17/h1-7,14H,18H2,(H,19,20). The minimum absolute atomic E-state index is 0.0112. The number of benzene rings is 2. The van der Waals surface area contributed by atoms with Crippen LogP contribution in [-0.2, 0) is 0 Å². The van der Waals surface area contributed by atoms with E-state index in [1.165, 1.54) is 36.4 Å². The van der Waals surface area contributed by atoms with Crippen LogP contribution in [0.4, 0.5) is 24.5 Å². The summed E-state index contributed by atoms with van der Waals surface area (Å²) in [6, 6.07) is 9.19. The van der Waals surface area contributed by atoms with Gasteiger partial charge in [-0.2, -0.15) is 8.78 Å². The number of hydrogen-bond donors (Lipinski definition) is 2. The number of halogens is 3. The van der Waals surface area contributed by atoms with Gasteiger partial charge in [0.15, 0.2) is 0 Å². The SMILES string of the molecule is Nc1c(F)cccc1C(=O)Nc1ccc(OC(F)F)cc1. The summed E-state index contributed by atoms with van der Waals surface area (Å²) in [5.41, 5.74) is 5.55. The Morgan fingerprint density at radius 1 is 1.14 bits per heavy atom. The molecule has 2 rings (SSSR count). The number of alkyl halides is 2. The van der Waals surface area contributed by atoms with E-state index >= 15 is 0 Å². The maximum atomic E-state index is 13.3. The molecule has 0 aliphatic carbocycles. The predicted molar refractivity (Wildman–Crippen MR) is 71.8 cm³/mol. The summed E-state index contributed by atoms with van der Waals surface area (Å²) < 4.78 is 41.4. The van der Waals surface area contributed by atoms with Crippen LogP contribution in [0.1, 0.15) is 10.4 Å². The highest BCUT2D eigenvalue weighted by molar-refractivity contribution is 6.07. The van der Waals surface area contributed by atoms with Crippen LogP contribution in [0.3, 0.4) is 0 Å². The van der Waals surface area contributed by atoms with Gasteiger partial charge < -0.3 is 15.8 Å². The van der Waals surface area contributed by atoms with Crippen LogP contribution in [-0.4, -0.2) is 12.5 Å². The Hall–Kier alpha value is -2.70. The van der Waals surface area contributed by atoms with Gasteiger partial charge in [0.1, 0.15) is 11.6 Å². The quantitative estimate of drug-likeness (QED) is 0.851. The molecule has 7 heteroatoms.